The predicted octanol–water partition coefficient (Wildman–Crippen LogP) is 4.49. The highest BCUT2D eigenvalue weighted by Gasteiger charge is 2.16. The number of nitrogens with zero attached hydrogens (tertiary/aromatic N) is 1. The molecule has 0 radical (unpaired) electrons. The second kappa shape index (κ2) is 5.54. The predicted molar refractivity (Wildman–Crippen MR) is 86.6 cm³/mol. The summed E-state index contributed by atoms with van der Waals surface area (Å²) in [5.74, 6) is -0.225. The van der Waals surface area contributed by atoms with Gasteiger partial charge in [0.25, 0.3) is 0 Å². The van der Waals surface area contributed by atoms with E-state index >= 15 is 0 Å². The van der Waals surface area contributed by atoms with Crippen molar-refractivity contribution < 1.29 is 4.39 Å². The van der Waals surface area contributed by atoms with E-state index in [1.165, 1.54) is 6.07 Å². The lowest BCUT2D eigenvalue weighted by molar-refractivity contribution is 0.616. The number of hydrogen-bond donors (Lipinski definition) is 1. The summed E-state index contributed by atoms with van der Waals surface area (Å²) in [6.45, 7) is 1.73. The molecular formula is C17H14BrFN2. The van der Waals surface area contributed by atoms with Gasteiger partial charge in [-0.1, -0.05) is 30.3 Å². The maximum absolute atomic E-state index is 13.4. The van der Waals surface area contributed by atoms with Gasteiger partial charge in [0.1, 0.15) is 5.82 Å². The van der Waals surface area contributed by atoms with Crippen LogP contribution in [0.4, 0.5) is 4.39 Å². The van der Waals surface area contributed by atoms with Crippen LogP contribution in [0.3, 0.4) is 0 Å². The van der Waals surface area contributed by atoms with Gasteiger partial charge in [-0.2, -0.15) is 0 Å². The van der Waals surface area contributed by atoms with Crippen molar-refractivity contribution in [3.05, 3.63) is 75.6 Å². The van der Waals surface area contributed by atoms with Gasteiger partial charge < -0.3 is 5.73 Å². The fourth-order valence-corrected chi connectivity index (χ4v) is 2.92. The van der Waals surface area contributed by atoms with E-state index in [1.54, 1.807) is 19.1 Å². The summed E-state index contributed by atoms with van der Waals surface area (Å²) in [6, 6.07) is 14.4. The van der Waals surface area contributed by atoms with Crippen molar-refractivity contribution in [2.75, 3.05) is 0 Å². The zero-order chi connectivity index (χ0) is 15.0. The van der Waals surface area contributed by atoms with Gasteiger partial charge >= 0.3 is 0 Å². The zero-order valence-electron chi connectivity index (χ0n) is 11.5. The highest BCUT2D eigenvalue weighted by Crippen LogP contribution is 2.29. The molecule has 3 aromatic rings. The van der Waals surface area contributed by atoms with Crippen LogP contribution in [0.5, 0.6) is 0 Å². The van der Waals surface area contributed by atoms with Gasteiger partial charge in [-0.15, -0.1) is 0 Å². The van der Waals surface area contributed by atoms with Crippen LogP contribution < -0.4 is 5.73 Å². The Labute approximate surface area is 130 Å². The van der Waals surface area contributed by atoms with Crippen LogP contribution in [0.15, 0.2) is 53.0 Å². The molecule has 1 unspecified atom stereocenters. The first-order valence-corrected chi connectivity index (χ1v) is 7.42. The number of rotatable bonds is 2. The summed E-state index contributed by atoms with van der Waals surface area (Å²) in [4.78, 5) is 4.64. The lowest BCUT2D eigenvalue weighted by Gasteiger charge is -2.15. The first-order chi connectivity index (χ1) is 10.1. The molecular weight excluding hydrogens is 331 g/mol. The number of aryl methyl sites for hydroxylation is 1. The molecule has 2 aromatic carbocycles. The number of halogens is 2. The molecule has 0 aliphatic rings. The molecule has 106 valence electrons. The van der Waals surface area contributed by atoms with Crippen LogP contribution in [0.25, 0.3) is 10.9 Å². The number of aromatic nitrogens is 1. The van der Waals surface area contributed by atoms with Gasteiger partial charge in [0.15, 0.2) is 0 Å². The Morgan fingerprint density at radius 3 is 2.67 bits per heavy atom. The number of hydrogen-bond acceptors (Lipinski definition) is 2. The van der Waals surface area contributed by atoms with Crippen LogP contribution in [0, 0.1) is 12.7 Å². The monoisotopic (exact) mass is 344 g/mol. The molecule has 0 saturated heterocycles. The second-order valence-corrected chi connectivity index (χ2v) is 5.89. The first kappa shape index (κ1) is 14.2. The van der Waals surface area contributed by atoms with Crippen LogP contribution >= 0.6 is 15.9 Å². The molecule has 0 saturated carbocycles. The minimum atomic E-state index is -0.400. The van der Waals surface area contributed by atoms with Crippen molar-refractivity contribution in [3.63, 3.8) is 0 Å². The van der Waals surface area contributed by atoms with E-state index in [9.17, 15) is 4.39 Å². The lowest BCUT2D eigenvalue weighted by atomic mass is 10.0. The van der Waals surface area contributed by atoms with Crippen molar-refractivity contribution in [1.29, 1.82) is 0 Å². The largest absolute Gasteiger partial charge is 0.319 e. The summed E-state index contributed by atoms with van der Waals surface area (Å²) in [5, 5.41) is 1.05. The molecule has 0 aliphatic heterocycles. The van der Waals surface area contributed by atoms with Crippen LogP contribution in [-0.4, -0.2) is 4.98 Å². The summed E-state index contributed by atoms with van der Waals surface area (Å²) in [6.07, 6.45) is 0. The molecule has 0 aliphatic carbocycles. The van der Waals surface area contributed by atoms with E-state index in [2.05, 4.69) is 20.9 Å². The lowest BCUT2D eigenvalue weighted by Crippen LogP contribution is -2.14. The Bertz CT molecular complexity index is 817. The Morgan fingerprint density at radius 1 is 1.14 bits per heavy atom. The number of fused-ring (bicyclic) bond motifs is 1. The van der Waals surface area contributed by atoms with Gasteiger partial charge in [0.05, 0.1) is 17.3 Å². The van der Waals surface area contributed by atoms with E-state index < -0.39 is 6.04 Å². The maximum Gasteiger partial charge on any atom is 0.126 e. The third kappa shape index (κ3) is 2.69. The third-order valence-corrected chi connectivity index (χ3v) is 4.18. The first-order valence-electron chi connectivity index (χ1n) is 6.63. The Morgan fingerprint density at radius 2 is 1.90 bits per heavy atom. The number of benzene rings is 2. The molecule has 2 N–H and O–H groups in total. The maximum atomic E-state index is 13.4. The second-order valence-electron chi connectivity index (χ2n) is 5.03. The van der Waals surface area contributed by atoms with Gasteiger partial charge in [-0.3, -0.25) is 0 Å². The Balaban J connectivity index is 2.10. The van der Waals surface area contributed by atoms with Crippen molar-refractivity contribution in [2.45, 2.75) is 13.0 Å². The molecule has 1 aromatic heterocycles. The van der Waals surface area contributed by atoms with Gasteiger partial charge in [0.2, 0.25) is 0 Å². The topological polar surface area (TPSA) is 38.9 Å². The molecule has 1 atom stereocenters. The number of para-hydroxylation sites is 1. The average Bonchev–Trinajstić information content (AvgIpc) is 2.48. The van der Waals surface area contributed by atoms with Crippen LogP contribution in [-0.2, 0) is 0 Å². The molecule has 0 amide bonds. The third-order valence-electron chi connectivity index (χ3n) is 3.54. The summed E-state index contributed by atoms with van der Waals surface area (Å²) in [5.41, 5.74) is 9.38. The van der Waals surface area contributed by atoms with Crippen LogP contribution in [0.1, 0.15) is 22.9 Å². The summed E-state index contributed by atoms with van der Waals surface area (Å²) in [7, 11) is 0. The minimum Gasteiger partial charge on any atom is -0.319 e. The quantitative estimate of drug-likeness (QED) is 0.743. The normalized spacial score (nSPS) is 12.6. The fourth-order valence-electron chi connectivity index (χ4n) is 2.34. The smallest absolute Gasteiger partial charge is 0.126 e. The van der Waals surface area contributed by atoms with Gasteiger partial charge in [-0.25, -0.2) is 9.37 Å². The fraction of sp³-hybridized carbons (Fsp3) is 0.118. The van der Waals surface area contributed by atoms with E-state index in [1.807, 2.05) is 30.3 Å². The van der Waals surface area contributed by atoms with E-state index in [0.717, 1.165) is 26.6 Å². The molecule has 3 rings (SSSR count). The molecule has 0 bridgehead atoms. The molecule has 0 fully saturated rings. The zero-order valence-corrected chi connectivity index (χ0v) is 13.1. The Kier molecular flexibility index (Phi) is 3.74. The van der Waals surface area contributed by atoms with Crippen LogP contribution in [0.2, 0.25) is 0 Å². The molecule has 21 heavy (non-hydrogen) atoms. The van der Waals surface area contributed by atoms with E-state index in [4.69, 9.17) is 5.73 Å². The average molecular weight is 345 g/mol. The van der Waals surface area contributed by atoms with E-state index in [-0.39, 0.29) is 5.82 Å². The minimum absolute atomic E-state index is 0.225. The molecule has 1 heterocycles. The van der Waals surface area contributed by atoms with Gasteiger partial charge in [-0.05, 0) is 52.2 Å². The highest BCUT2D eigenvalue weighted by molar-refractivity contribution is 9.10. The standard InChI is InChI=1S/C17H14BrFN2/c1-10-8-12(6-7-14(10)19)16(20)17-13(18)9-11-4-2-3-5-15(11)21-17/h2-9,16H,20H2,1H3. The highest BCUT2D eigenvalue weighted by atomic mass is 79.9. The SMILES string of the molecule is Cc1cc(C(N)c2nc3ccccc3cc2Br)ccc1F. The van der Waals surface area contributed by atoms with Crippen molar-refractivity contribution in [2.24, 2.45) is 5.73 Å². The molecule has 0 spiro atoms. The molecule has 4 heteroatoms. The van der Waals surface area contributed by atoms with E-state index in [0.29, 0.717) is 5.56 Å². The van der Waals surface area contributed by atoms with Crippen molar-refractivity contribution in [1.82, 2.24) is 4.98 Å². The number of pyridine rings is 1. The Hall–Kier alpha value is -1.78. The summed E-state index contributed by atoms with van der Waals surface area (Å²) >= 11 is 3.53. The van der Waals surface area contributed by atoms with Crippen molar-refractivity contribution >= 4 is 26.8 Å². The summed E-state index contributed by atoms with van der Waals surface area (Å²) < 4.78 is 14.2. The van der Waals surface area contributed by atoms with Crippen molar-refractivity contribution in [3.8, 4) is 0 Å². The van der Waals surface area contributed by atoms with Gasteiger partial charge in [0, 0.05) is 9.86 Å². The molecule has 2 nitrogen and oxygen atoms in total. The number of nitrogens with two attached hydrogens (primary N) is 1.